The van der Waals surface area contributed by atoms with Gasteiger partial charge in [0.05, 0.1) is 18.9 Å². The highest BCUT2D eigenvalue weighted by Gasteiger charge is 2.19. The topological polar surface area (TPSA) is 60.2 Å². The highest BCUT2D eigenvalue weighted by atomic mass is 32.2. The van der Waals surface area contributed by atoms with Gasteiger partial charge in [-0.2, -0.15) is 0 Å². The molecule has 6 nitrogen and oxygen atoms in total. The molecular weight excluding hydrogens is 452 g/mol. The molecule has 0 unspecified atom stereocenters. The van der Waals surface area contributed by atoms with Gasteiger partial charge in [-0.1, -0.05) is 41.6 Å². The van der Waals surface area contributed by atoms with Gasteiger partial charge in [0, 0.05) is 23.2 Å². The molecule has 0 aliphatic rings. The molecule has 0 atom stereocenters. The minimum atomic E-state index is 0.0479. The smallest absolute Gasteiger partial charge is 0.233 e. The number of thiophene rings is 1. The maximum absolute atomic E-state index is 12.8. The van der Waals surface area contributed by atoms with Crippen LogP contribution in [-0.2, 0) is 11.3 Å². The highest BCUT2D eigenvalue weighted by Crippen LogP contribution is 2.29. The van der Waals surface area contributed by atoms with Gasteiger partial charge in [0.1, 0.15) is 5.75 Å². The van der Waals surface area contributed by atoms with Gasteiger partial charge in [0.25, 0.3) is 0 Å². The van der Waals surface area contributed by atoms with Crippen molar-refractivity contribution in [3.63, 3.8) is 0 Å². The van der Waals surface area contributed by atoms with Crippen LogP contribution in [0.25, 0.3) is 17.1 Å². The minimum Gasteiger partial charge on any atom is -0.494 e. The third-order valence-electron chi connectivity index (χ3n) is 5.04. The van der Waals surface area contributed by atoms with Crippen LogP contribution in [0.3, 0.4) is 0 Å². The maximum Gasteiger partial charge on any atom is 0.233 e. The average Bonchev–Trinajstić information content (AvgIpc) is 3.48. The van der Waals surface area contributed by atoms with Gasteiger partial charge in [-0.25, -0.2) is 0 Å². The molecule has 4 aromatic rings. The van der Waals surface area contributed by atoms with E-state index in [1.54, 1.807) is 16.2 Å². The van der Waals surface area contributed by atoms with Crippen molar-refractivity contribution in [2.24, 2.45) is 0 Å². The fourth-order valence-electron chi connectivity index (χ4n) is 3.39. The Morgan fingerprint density at radius 1 is 1.12 bits per heavy atom. The van der Waals surface area contributed by atoms with Gasteiger partial charge in [0.15, 0.2) is 11.0 Å². The van der Waals surface area contributed by atoms with Crippen LogP contribution in [0.15, 0.2) is 71.2 Å². The van der Waals surface area contributed by atoms with Crippen LogP contribution in [0.1, 0.15) is 17.4 Å². The lowest BCUT2D eigenvalue weighted by Gasteiger charge is -2.16. The molecule has 0 saturated heterocycles. The first-order valence-corrected chi connectivity index (χ1v) is 12.6. The summed E-state index contributed by atoms with van der Waals surface area (Å²) in [7, 11) is 1.83. The monoisotopic (exact) mass is 478 g/mol. The number of hydrogen-bond acceptors (Lipinski definition) is 6. The zero-order valence-corrected chi connectivity index (χ0v) is 20.5. The Morgan fingerprint density at radius 2 is 1.94 bits per heavy atom. The van der Waals surface area contributed by atoms with E-state index in [1.807, 2.05) is 72.4 Å². The zero-order valence-electron chi connectivity index (χ0n) is 18.9. The summed E-state index contributed by atoms with van der Waals surface area (Å²) in [6.07, 6.45) is 0. The summed E-state index contributed by atoms with van der Waals surface area (Å²) in [4.78, 5) is 15.7. The summed E-state index contributed by atoms with van der Waals surface area (Å²) >= 11 is 3.05. The number of carbonyl (C=O) groups excluding carboxylic acids is 1. The number of aryl methyl sites for hydroxylation is 1. The molecule has 0 fully saturated rings. The van der Waals surface area contributed by atoms with Gasteiger partial charge < -0.3 is 9.64 Å². The summed E-state index contributed by atoms with van der Waals surface area (Å²) in [5, 5.41) is 11.6. The van der Waals surface area contributed by atoms with Crippen molar-refractivity contribution in [1.82, 2.24) is 19.7 Å². The number of carbonyl (C=O) groups is 1. The zero-order chi connectivity index (χ0) is 23.2. The molecule has 2 aromatic carbocycles. The predicted octanol–water partition coefficient (Wildman–Crippen LogP) is 5.45. The number of rotatable bonds is 9. The van der Waals surface area contributed by atoms with E-state index in [1.165, 1.54) is 11.8 Å². The van der Waals surface area contributed by atoms with Crippen molar-refractivity contribution in [2.75, 3.05) is 19.4 Å². The Bertz CT molecular complexity index is 1200. The number of hydrogen-bond donors (Lipinski definition) is 0. The Balaban J connectivity index is 1.60. The third kappa shape index (κ3) is 5.64. The van der Waals surface area contributed by atoms with E-state index >= 15 is 0 Å². The Labute approximate surface area is 202 Å². The standard InChI is InChI=1S/C25H26N4O2S2/c1-4-31-21-12-10-20(11-13-21)29-24(19-8-5-7-18(2)15-19)26-27-25(29)33-17-23(30)28(3)16-22-9-6-14-32-22/h5-15H,4,16-17H2,1-3H3. The van der Waals surface area contributed by atoms with Crippen molar-refractivity contribution < 1.29 is 9.53 Å². The first-order valence-electron chi connectivity index (χ1n) is 10.7. The summed E-state index contributed by atoms with van der Waals surface area (Å²) in [5.41, 5.74) is 3.04. The molecule has 1 amide bonds. The molecule has 0 aliphatic heterocycles. The van der Waals surface area contributed by atoms with Crippen molar-refractivity contribution >= 4 is 29.0 Å². The van der Waals surface area contributed by atoms with Crippen molar-refractivity contribution in [2.45, 2.75) is 25.5 Å². The Hall–Kier alpha value is -3.10. The van der Waals surface area contributed by atoms with Crippen LogP contribution in [0, 0.1) is 6.92 Å². The normalized spacial score (nSPS) is 10.9. The fourth-order valence-corrected chi connectivity index (χ4v) is 5.04. The molecule has 33 heavy (non-hydrogen) atoms. The van der Waals surface area contributed by atoms with Crippen molar-refractivity contribution in [3.8, 4) is 22.8 Å². The molecular formula is C25H26N4O2S2. The lowest BCUT2D eigenvalue weighted by molar-refractivity contribution is -0.127. The molecule has 2 aromatic heterocycles. The second-order valence-corrected chi connectivity index (χ2v) is 9.53. The van der Waals surface area contributed by atoms with Crippen molar-refractivity contribution in [1.29, 1.82) is 0 Å². The summed E-state index contributed by atoms with van der Waals surface area (Å²) in [6.45, 7) is 5.24. The first kappa shape index (κ1) is 23.1. The van der Waals surface area contributed by atoms with Gasteiger partial charge in [-0.05, 0) is 55.6 Å². The molecule has 0 saturated carbocycles. The minimum absolute atomic E-state index is 0.0479. The molecule has 0 N–H and O–H groups in total. The molecule has 0 radical (unpaired) electrons. The van der Waals surface area contributed by atoms with Crippen LogP contribution < -0.4 is 4.74 Å². The van der Waals surface area contributed by atoms with E-state index < -0.39 is 0 Å². The lowest BCUT2D eigenvalue weighted by Crippen LogP contribution is -2.27. The number of benzene rings is 2. The van der Waals surface area contributed by atoms with E-state index in [-0.39, 0.29) is 11.7 Å². The molecule has 8 heteroatoms. The summed E-state index contributed by atoms with van der Waals surface area (Å²) in [5.74, 6) is 1.88. The highest BCUT2D eigenvalue weighted by molar-refractivity contribution is 7.99. The molecule has 170 valence electrons. The second-order valence-electron chi connectivity index (χ2n) is 7.56. The quantitative estimate of drug-likeness (QED) is 0.299. The number of nitrogens with zero attached hydrogens (tertiary/aromatic N) is 4. The molecule has 4 rings (SSSR count). The average molecular weight is 479 g/mol. The van der Waals surface area contributed by atoms with Crippen LogP contribution in [-0.4, -0.2) is 45.0 Å². The van der Waals surface area contributed by atoms with Gasteiger partial charge in [0.2, 0.25) is 5.91 Å². The number of amides is 1. The van der Waals surface area contributed by atoms with E-state index in [9.17, 15) is 4.79 Å². The third-order valence-corrected chi connectivity index (χ3v) is 6.81. The Kier molecular flexibility index (Phi) is 7.47. The maximum atomic E-state index is 12.8. The largest absolute Gasteiger partial charge is 0.494 e. The molecule has 0 bridgehead atoms. The van der Waals surface area contributed by atoms with Crippen LogP contribution >= 0.6 is 23.1 Å². The van der Waals surface area contributed by atoms with Crippen LogP contribution in [0.5, 0.6) is 5.75 Å². The van der Waals surface area contributed by atoms with Crippen LogP contribution in [0.4, 0.5) is 0 Å². The van der Waals surface area contributed by atoms with Gasteiger partial charge in [-0.15, -0.1) is 21.5 Å². The van der Waals surface area contributed by atoms with E-state index in [4.69, 9.17) is 4.74 Å². The number of aromatic nitrogens is 3. The lowest BCUT2D eigenvalue weighted by atomic mass is 10.1. The molecule has 2 heterocycles. The van der Waals surface area contributed by atoms with E-state index in [0.29, 0.717) is 18.3 Å². The fraction of sp³-hybridized carbons (Fsp3) is 0.240. The predicted molar refractivity (Wildman–Crippen MR) is 134 cm³/mol. The Morgan fingerprint density at radius 3 is 2.64 bits per heavy atom. The van der Waals surface area contributed by atoms with E-state index in [2.05, 4.69) is 29.3 Å². The van der Waals surface area contributed by atoms with Crippen LogP contribution in [0.2, 0.25) is 0 Å². The second kappa shape index (κ2) is 10.7. The SMILES string of the molecule is CCOc1ccc(-n2c(SCC(=O)N(C)Cc3cccs3)nnc2-c2cccc(C)c2)cc1. The van der Waals surface area contributed by atoms with Gasteiger partial charge in [-0.3, -0.25) is 9.36 Å². The summed E-state index contributed by atoms with van der Waals surface area (Å²) in [6, 6.07) is 20.1. The van der Waals surface area contributed by atoms with Gasteiger partial charge >= 0.3 is 0 Å². The first-order chi connectivity index (χ1) is 16.0. The summed E-state index contributed by atoms with van der Waals surface area (Å²) < 4.78 is 7.59. The number of ether oxygens (including phenoxy) is 1. The molecule has 0 aliphatic carbocycles. The van der Waals surface area contributed by atoms with Crippen molar-refractivity contribution in [3.05, 3.63) is 76.5 Å². The number of thioether (sulfide) groups is 1. The molecule has 0 spiro atoms. The van der Waals surface area contributed by atoms with E-state index in [0.717, 1.165) is 33.3 Å².